The molecular weight excluding hydrogens is 594 g/mol. The maximum atomic E-state index is 14.1. The Hall–Kier alpha value is -2.62. The molecule has 39 heavy (non-hydrogen) atoms. The number of anilines is 1. The van der Waals surface area contributed by atoms with Crippen LogP contribution in [-0.4, -0.2) is 27.8 Å². The topological polar surface area (TPSA) is 73.2 Å². The average molecular weight is 627 g/mol. The molecule has 0 fully saturated rings. The van der Waals surface area contributed by atoms with Crippen molar-refractivity contribution in [3.63, 3.8) is 0 Å². The molecule has 1 N–H and O–H groups in total. The molecular formula is C30H32BrN3O3S2. The number of fused-ring (bicyclic) bond motifs is 3. The van der Waals surface area contributed by atoms with E-state index < -0.39 is 0 Å². The highest BCUT2D eigenvalue weighted by molar-refractivity contribution is 9.10. The first-order valence-corrected chi connectivity index (χ1v) is 15.7. The summed E-state index contributed by atoms with van der Waals surface area (Å²) in [5, 5.41) is 4.15. The number of nitrogens with one attached hydrogen (secondary N) is 1. The molecule has 9 heteroatoms. The van der Waals surface area contributed by atoms with Gasteiger partial charge < -0.3 is 10.1 Å². The van der Waals surface area contributed by atoms with E-state index in [0.29, 0.717) is 29.1 Å². The summed E-state index contributed by atoms with van der Waals surface area (Å²) in [6, 6.07) is 14.9. The Bertz CT molecular complexity index is 1570. The number of rotatable bonds is 7. The number of halogens is 1. The Balaban J connectivity index is 1.52. The van der Waals surface area contributed by atoms with Gasteiger partial charge in [0.05, 0.1) is 23.4 Å². The van der Waals surface area contributed by atoms with Crippen molar-refractivity contribution in [2.75, 3.05) is 17.7 Å². The number of hydrogen-bond acceptors (Lipinski definition) is 6. The van der Waals surface area contributed by atoms with E-state index in [0.717, 1.165) is 45.3 Å². The Morgan fingerprint density at radius 3 is 2.69 bits per heavy atom. The molecule has 0 aliphatic heterocycles. The summed E-state index contributed by atoms with van der Waals surface area (Å²) in [6.45, 7) is 9.38. The second-order valence-electron chi connectivity index (χ2n) is 10.8. The molecule has 4 aromatic rings. The van der Waals surface area contributed by atoms with Gasteiger partial charge in [-0.05, 0) is 85.5 Å². The fourth-order valence-electron chi connectivity index (χ4n) is 5.02. The van der Waals surface area contributed by atoms with Crippen LogP contribution in [0.15, 0.2) is 63.0 Å². The zero-order chi connectivity index (χ0) is 27.7. The molecule has 0 spiro atoms. The van der Waals surface area contributed by atoms with Gasteiger partial charge in [-0.3, -0.25) is 14.2 Å². The second kappa shape index (κ2) is 11.5. The first kappa shape index (κ1) is 27.9. The van der Waals surface area contributed by atoms with E-state index >= 15 is 0 Å². The number of aromatic nitrogens is 2. The molecule has 6 nitrogen and oxygen atoms in total. The third-order valence-corrected chi connectivity index (χ3v) is 9.70. The van der Waals surface area contributed by atoms with Crippen molar-refractivity contribution in [2.45, 2.75) is 52.1 Å². The minimum Gasteiger partial charge on any atom is -0.494 e. The predicted octanol–water partition coefficient (Wildman–Crippen LogP) is 7.49. The average Bonchev–Trinajstić information content (AvgIpc) is 3.26. The lowest BCUT2D eigenvalue weighted by molar-refractivity contribution is -0.113. The van der Waals surface area contributed by atoms with Crippen LogP contribution in [0.3, 0.4) is 0 Å². The molecule has 2 aromatic heterocycles. The third kappa shape index (κ3) is 6.10. The zero-order valence-corrected chi connectivity index (χ0v) is 25.8. The Labute approximate surface area is 245 Å². The summed E-state index contributed by atoms with van der Waals surface area (Å²) in [5.74, 6) is 1.27. The van der Waals surface area contributed by atoms with Crippen molar-refractivity contribution < 1.29 is 9.53 Å². The van der Waals surface area contributed by atoms with E-state index in [-0.39, 0.29) is 22.6 Å². The van der Waals surface area contributed by atoms with Gasteiger partial charge in [-0.2, -0.15) is 0 Å². The highest BCUT2D eigenvalue weighted by atomic mass is 79.9. The minimum atomic E-state index is -0.163. The fourth-order valence-corrected chi connectivity index (χ4v) is 7.57. The molecule has 1 amide bonds. The van der Waals surface area contributed by atoms with Crippen LogP contribution in [0.25, 0.3) is 15.9 Å². The first-order chi connectivity index (χ1) is 18.6. The molecule has 2 heterocycles. The molecule has 0 bridgehead atoms. The van der Waals surface area contributed by atoms with Crippen molar-refractivity contribution in [3.8, 4) is 11.4 Å². The molecule has 2 aromatic carbocycles. The molecule has 5 rings (SSSR count). The van der Waals surface area contributed by atoms with E-state index in [1.165, 1.54) is 16.6 Å². The molecule has 1 atom stereocenters. The van der Waals surface area contributed by atoms with Crippen LogP contribution in [0.5, 0.6) is 5.75 Å². The maximum Gasteiger partial charge on any atom is 0.267 e. The standard InChI is InChI=1S/C30H32BrN3O3S2/c1-5-37-22-12-10-21(11-13-22)34-28(36)26-23-14-9-18(30(2,3)4)15-24(23)39-27(26)33-29(34)38-17-25(35)32-20-8-6-7-19(31)16-20/h6-8,10-13,16,18H,5,9,14-15,17H2,1-4H3,(H,32,35). The number of aryl methyl sites for hydroxylation is 1. The van der Waals surface area contributed by atoms with Crippen LogP contribution in [0.1, 0.15) is 44.6 Å². The maximum absolute atomic E-state index is 14.1. The normalized spacial score (nSPS) is 15.3. The second-order valence-corrected chi connectivity index (χ2v) is 13.7. The SMILES string of the molecule is CCOc1ccc(-n2c(SCC(=O)Nc3cccc(Br)c3)nc3sc4c(c3c2=O)CCC(C(C)(C)C)C4)cc1. The number of thioether (sulfide) groups is 1. The number of carbonyl (C=O) groups is 1. The van der Waals surface area contributed by atoms with Gasteiger partial charge in [0.25, 0.3) is 5.56 Å². The van der Waals surface area contributed by atoms with Gasteiger partial charge >= 0.3 is 0 Å². The van der Waals surface area contributed by atoms with Crippen LogP contribution in [0.4, 0.5) is 5.69 Å². The number of thiophene rings is 1. The van der Waals surface area contributed by atoms with Gasteiger partial charge in [0.15, 0.2) is 5.16 Å². The minimum absolute atomic E-state index is 0.0780. The molecule has 0 saturated carbocycles. The van der Waals surface area contributed by atoms with E-state index in [2.05, 4.69) is 42.0 Å². The summed E-state index contributed by atoms with van der Waals surface area (Å²) in [6.07, 6.45) is 2.93. The van der Waals surface area contributed by atoms with E-state index in [9.17, 15) is 9.59 Å². The van der Waals surface area contributed by atoms with Gasteiger partial charge in [-0.15, -0.1) is 11.3 Å². The summed E-state index contributed by atoms with van der Waals surface area (Å²) >= 11 is 6.34. The van der Waals surface area contributed by atoms with E-state index in [4.69, 9.17) is 9.72 Å². The van der Waals surface area contributed by atoms with E-state index in [1.807, 2.05) is 55.5 Å². The van der Waals surface area contributed by atoms with Crippen LogP contribution >= 0.6 is 39.0 Å². The summed E-state index contributed by atoms with van der Waals surface area (Å²) in [5.41, 5.74) is 2.70. The largest absolute Gasteiger partial charge is 0.494 e. The number of nitrogens with zero attached hydrogens (tertiary/aromatic N) is 2. The predicted molar refractivity (Wildman–Crippen MR) is 165 cm³/mol. The van der Waals surface area contributed by atoms with Crippen LogP contribution in [0, 0.1) is 11.3 Å². The third-order valence-electron chi connectivity index (χ3n) is 7.12. The lowest BCUT2D eigenvalue weighted by atomic mass is 9.72. The van der Waals surface area contributed by atoms with Gasteiger partial charge in [0.1, 0.15) is 10.6 Å². The number of ether oxygens (including phenoxy) is 1. The molecule has 204 valence electrons. The first-order valence-electron chi connectivity index (χ1n) is 13.1. The van der Waals surface area contributed by atoms with Gasteiger partial charge in [-0.25, -0.2) is 4.98 Å². The van der Waals surface area contributed by atoms with Crippen LogP contribution < -0.4 is 15.6 Å². The molecule has 1 aliphatic rings. The summed E-state index contributed by atoms with van der Waals surface area (Å²) < 4.78 is 8.15. The highest BCUT2D eigenvalue weighted by Gasteiger charge is 2.32. The summed E-state index contributed by atoms with van der Waals surface area (Å²) in [7, 11) is 0. The van der Waals surface area contributed by atoms with Crippen molar-refractivity contribution in [1.29, 1.82) is 0 Å². The fraction of sp³-hybridized carbons (Fsp3) is 0.367. The smallest absolute Gasteiger partial charge is 0.267 e. The molecule has 0 saturated heterocycles. The van der Waals surface area contributed by atoms with Crippen molar-refractivity contribution >= 4 is 60.8 Å². The van der Waals surface area contributed by atoms with E-state index in [1.54, 1.807) is 15.9 Å². The Morgan fingerprint density at radius 2 is 2.00 bits per heavy atom. The zero-order valence-electron chi connectivity index (χ0n) is 22.5. The number of amides is 1. The lowest BCUT2D eigenvalue weighted by Gasteiger charge is -2.33. The number of hydrogen-bond donors (Lipinski definition) is 1. The molecule has 1 aliphatic carbocycles. The highest BCUT2D eigenvalue weighted by Crippen LogP contribution is 2.42. The van der Waals surface area contributed by atoms with Gasteiger partial charge in [-0.1, -0.05) is 54.5 Å². The van der Waals surface area contributed by atoms with Crippen molar-refractivity contribution in [1.82, 2.24) is 9.55 Å². The monoisotopic (exact) mass is 625 g/mol. The van der Waals surface area contributed by atoms with Crippen LogP contribution in [-0.2, 0) is 17.6 Å². The molecule has 1 unspecified atom stereocenters. The Morgan fingerprint density at radius 1 is 1.23 bits per heavy atom. The van der Waals surface area contributed by atoms with Gasteiger partial charge in [0, 0.05) is 15.0 Å². The van der Waals surface area contributed by atoms with Crippen molar-refractivity contribution in [2.24, 2.45) is 11.3 Å². The Kier molecular flexibility index (Phi) is 8.21. The number of carbonyl (C=O) groups excluding carboxylic acids is 1. The molecule has 0 radical (unpaired) electrons. The number of benzene rings is 2. The van der Waals surface area contributed by atoms with Crippen molar-refractivity contribution in [3.05, 3.63) is 73.8 Å². The van der Waals surface area contributed by atoms with Crippen LogP contribution in [0.2, 0.25) is 0 Å². The van der Waals surface area contributed by atoms with Gasteiger partial charge in [0.2, 0.25) is 5.91 Å². The summed E-state index contributed by atoms with van der Waals surface area (Å²) in [4.78, 5) is 34.0. The lowest BCUT2D eigenvalue weighted by Crippen LogP contribution is -2.27. The quantitative estimate of drug-likeness (QED) is 0.170.